The largest absolute Gasteiger partial charge is 0.393 e. The van der Waals surface area contributed by atoms with Crippen molar-refractivity contribution in [1.29, 1.82) is 0 Å². The number of nitrogens with zero attached hydrogens (tertiary/aromatic N) is 2. The third-order valence-electron chi connectivity index (χ3n) is 4.25. The molecule has 0 aromatic carbocycles. The van der Waals surface area contributed by atoms with Crippen LogP contribution in [-0.2, 0) is 11.2 Å². The Bertz CT molecular complexity index is 505. The van der Waals surface area contributed by atoms with Gasteiger partial charge in [-0.1, -0.05) is 11.8 Å². The van der Waals surface area contributed by atoms with Crippen molar-refractivity contribution in [2.75, 3.05) is 6.26 Å². The summed E-state index contributed by atoms with van der Waals surface area (Å²) in [6.07, 6.45) is 6.22. The van der Waals surface area contributed by atoms with Gasteiger partial charge in [-0.3, -0.25) is 4.79 Å². The molecule has 0 atom stereocenters. The van der Waals surface area contributed by atoms with Crippen LogP contribution in [0, 0.1) is 13.8 Å². The van der Waals surface area contributed by atoms with Crippen LogP contribution in [0.2, 0.25) is 0 Å². The van der Waals surface area contributed by atoms with E-state index in [0.29, 0.717) is 12.8 Å². The molecular formula is C16H25N3O2S. The third kappa shape index (κ3) is 4.68. The molecule has 0 unspecified atom stereocenters. The van der Waals surface area contributed by atoms with Crippen molar-refractivity contribution in [2.45, 2.75) is 69.7 Å². The second-order valence-electron chi connectivity index (χ2n) is 5.93. The number of nitrogens with one attached hydrogen (secondary N) is 1. The summed E-state index contributed by atoms with van der Waals surface area (Å²) >= 11 is 1.53. The van der Waals surface area contributed by atoms with Crippen LogP contribution in [0.5, 0.6) is 0 Å². The lowest BCUT2D eigenvalue weighted by Crippen LogP contribution is -2.38. The summed E-state index contributed by atoms with van der Waals surface area (Å²) in [6.45, 7) is 3.95. The van der Waals surface area contributed by atoms with Crippen LogP contribution in [0.1, 0.15) is 49.1 Å². The summed E-state index contributed by atoms with van der Waals surface area (Å²) in [5, 5.41) is 13.3. The van der Waals surface area contributed by atoms with Gasteiger partial charge in [0.25, 0.3) is 0 Å². The molecule has 1 aromatic heterocycles. The van der Waals surface area contributed by atoms with E-state index in [2.05, 4.69) is 15.3 Å². The lowest BCUT2D eigenvalue weighted by molar-refractivity contribution is -0.122. The highest BCUT2D eigenvalue weighted by Gasteiger charge is 2.20. The van der Waals surface area contributed by atoms with Gasteiger partial charge in [-0.2, -0.15) is 0 Å². The maximum absolute atomic E-state index is 12.1. The highest BCUT2D eigenvalue weighted by molar-refractivity contribution is 7.98. The first-order chi connectivity index (χ1) is 10.5. The van der Waals surface area contributed by atoms with E-state index in [4.69, 9.17) is 0 Å². The number of rotatable bonds is 5. The van der Waals surface area contributed by atoms with Crippen LogP contribution < -0.4 is 5.32 Å². The van der Waals surface area contributed by atoms with E-state index >= 15 is 0 Å². The zero-order valence-electron chi connectivity index (χ0n) is 13.6. The van der Waals surface area contributed by atoms with Gasteiger partial charge in [0.2, 0.25) is 5.91 Å². The number of carbonyl (C=O) groups excluding carboxylic acids is 1. The predicted octanol–water partition coefficient (Wildman–Crippen LogP) is 2.17. The smallest absolute Gasteiger partial charge is 0.220 e. The minimum atomic E-state index is -0.189. The van der Waals surface area contributed by atoms with Gasteiger partial charge in [-0.05, 0) is 57.8 Å². The molecule has 6 heteroatoms. The number of hydrogen-bond donors (Lipinski definition) is 2. The minimum absolute atomic E-state index is 0.0779. The van der Waals surface area contributed by atoms with E-state index in [0.717, 1.165) is 47.8 Å². The molecule has 1 aliphatic carbocycles. The van der Waals surface area contributed by atoms with Gasteiger partial charge >= 0.3 is 0 Å². The van der Waals surface area contributed by atoms with Crippen molar-refractivity contribution in [3.8, 4) is 0 Å². The number of carbonyl (C=O) groups is 1. The number of aryl methyl sites for hydroxylation is 2. The van der Waals surface area contributed by atoms with Crippen LogP contribution >= 0.6 is 11.8 Å². The normalized spacial score (nSPS) is 21.6. The lowest BCUT2D eigenvalue weighted by Gasteiger charge is -2.26. The van der Waals surface area contributed by atoms with Crippen LogP contribution in [-0.4, -0.2) is 39.4 Å². The molecule has 0 saturated heterocycles. The fraction of sp³-hybridized carbons (Fsp3) is 0.688. The topological polar surface area (TPSA) is 75.1 Å². The van der Waals surface area contributed by atoms with E-state index in [1.54, 1.807) is 0 Å². The van der Waals surface area contributed by atoms with E-state index in [1.165, 1.54) is 11.8 Å². The third-order valence-corrected chi connectivity index (χ3v) is 4.79. The number of aliphatic hydroxyl groups is 1. The fourth-order valence-electron chi connectivity index (χ4n) is 2.92. The van der Waals surface area contributed by atoms with Gasteiger partial charge in [0.1, 0.15) is 0 Å². The Labute approximate surface area is 136 Å². The second-order valence-corrected chi connectivity index (χ2v) is 6.71. The Morgan fingerprint density at radius 1 is 1.23 bits per heavy atom. The molecule has 5 nitrogen and oxygen atoms in total. The lowest BCUT2D eigenvalue weighted by atomic mass is 9.93. The van der Waals surface area contributed by atoms with Crippen molar-refractivity contribution in [2.24, 2.45) is 0 Å². The number of hydrogen-bond acceptors (Lipinski definition) is 5. The molecule has 0 radical (unpaired) electrons. The van der Waals surface area contributed by atoms with Gasteiger partial charge < -0.3 is 10.4 Å². The number of aromatic nitrogens is 2. The number of aliphatic hydroxyl groups excluding tert-OH is 1. The SMILES string of the molecule is CSc1nc(C)c(CCC(=O)NC2CCC(O)CC2)c(C)n1. The van der Waals surface area contributed by atoms with Crippen LogP contribution in [0.3, 0.4) is 0 Å². The first-order valence-electron chi connectivity index (χ1n) is 7.85. The molecule has 1 heterocycles. The summed E-state index contributed by atoms with van der Waals surface area (Å²) in [6, 6.07) is 0.216. The summed E-state index contributed by atoms with van der Waals surface area (Å²) in [7, 11) is 0. The summed E-state index contributed by atoms with van der Waals surface area (Å²) in [5.74, 6) is 0.0779. The van der Waals surface area contributed by atoms with Crippen LogP contribution in [0.25, 0.3) is 0 Å². The average molecular weight is 323 g/mol. The Kier molecular flexibility index (Phi) is 6.20. The summed E-state index contributed by atoms with van der Waals surface area (Å²) < 4.78 is 0. The number of amides is 1. The Balaban J connectivity index is 1.86. The summed E-state index contributed by atoms with van der Waals surface area (Å²) in [5.41, 5.74) is 3.00. The van der Waals surface area contributed by atoms with Gasteiger partial charge in [0, 0.05) is 23.9 Å². The van der Waals surface area contributed by atoms with Gasteiger partial charge in [0.15, 0.2) is 5.16 Å². The molecule has 0 aliphatic heterocycles. The van der Waals surface area contributed by atoms with Crippen molar-refractivity contribution >= 4 is 17.7 Å². The van der Waals surface area contributed by atoms with Crippen molar-refractivity contribution in [1.82, 2.24) is 15.3 Å². The van der Waals surface area contributed by atoms with Gasteiger partial charge in [-0.15, -0.1) is 0 Å². The van der Waals surface area contributed by atoms with Crippen molar-refractivity contribution in [3.63, 3.8) is 0 Å². The van der Waals surface area contributed by atoms with E-state index in [9.17, 15) is 9.90 Å². The zero-order chi connectivity index (χ0) is 16.1. The fourth-order valence-corrected chi connectivity index (χ4v) is 3.38. The first kappa shape index (κ1) is 17.2. The van der Waals surface area contributed by atoms with Crippen LogP contribution in [0.15, 0.2) is 5.16 Å². The molecule has 0 spiro atoms. The van der Waals surface area contributed by atoms with Crippen molar-refractivity contribution in [3.05, 3.63) is 17.0 Å². The van der Waals surface area contributed by atoms with Gasteiger partial charge in [0.05, 0.1) is 6.10 Å². The molecular weight excluding hydrogens is 298 g/mol. The first-order valence-corrected chi connectivity index (χ1v) is 9.07. The Hall–Kier alpha value is -1.14. The quantitative estimate of drug-likeness (QED) is 0.641. The molecule has 0 bridgehead atoms. The zero-order valence-corrected chi connectivity index (χ0v) is 14.4. The molecule has 1 amide bonds. The standard InChI is InChI=1S/C16H25N3O2S/c1-10-14(11(2)18-16(17-10)22-3)8-9-15(21)19-12-4-6-13(20)7-5-12/h12-13,20H,4-9H2,1-3H3,(H,19,21). The molecule has 1 fully saturated rings. The van der Waals surface area contributed by atoms with Crippen molar-refractivity contribution < 1.29 is 9.90 Å². The molecule has 2 rings (SSSR count). The summed E-state index contributed by atoms with van der Waals surface area (Å²) in [4.78, 5) is 21.0. The molecule has 2 N–H and O–H groups in total. The highest BCUT2D eigenvalue weighted by Crippen LogP contribution is 2.19. The molecule has 1 aliphatic rings. The predicted molar refractivity (Wildman–Crippen MR) is 88.0 cm³/mol. The monoisotopic (exact) mass is 323 g/mol. The Morgan fingerprint density at radius 2 is 1.82 bits per heavy atom. The van der Waals surface area contributed by atoms with Gasteiger partial charge in [-0.25, -0.2) is 9.97 Å². The minimum Gasteiger partial charge on any atom is -0.393 e. The maximum atomic E-state index is 12.1. The van der Waals surface area contributed by atoms with Crippen LogP contribution in [0.4, 0.5) is 0 Å². The highest BCUT2D eigenvalue weighted by atomic mass is 32.2. The van der Waals surface area contributed by atoms with E-state index in [-0.39, 0.29) is 18.1 Å². The molecule has 122 valence electrons. The van der Waals surface area contributed by atoms with E-state index in [1.807, 2.05) is 20.1 Å². The molecule has 1 aromatic rings. The number of thioether (sulfide) groups is 1. The van der Waals surface area contributed by atoms with E-state index < -0.39 is 0 Å². The Morgan fingerprint density at radius 3 is 2.36 bits per heavy atom. The second kappa shape index (κ2) is 7.92. The maximum Gasteiger partial charge on any atom is 0.220 e. The average Bonchev–Trinajstić information content (AvgIpc) is 2.48. The molecule has 1 saturated carbocycles. The molecule has 22 heavy (non-hydrogen) atoms.